The number of esters is 2. The van der Waals surface area contributed by atoms with E-state index in [1.807, 2.05) is 117 Å². The van der Waals surface area contributed by atoms with E-state index in [1.54, 1.807) is 51.6 Å². The molecular formula is C48H44Cl2N6O6. The molecule has 0 saturated heterocycles. The van der Waals surface area contributed by atoms with Crippen LogP contribution >= 0.6 is 24.0 Å². The van der Waals surface area contributed by atoms with E-state index in [0.29, 0.717) is 68.4 Å². The minimum atomic E-state index is -0.369. The first-order valence-corrected chi connectivity index (χ1v) is 19.5. The van der Waals surface area contributed by atoms with Crippen LogP contribution in [0.4, 0.5) is 5.69 Å². The van der Waals surface area contributed by atoms with E-state index in [-0.39, 0.29) is 35.5 Å². The van der Waals surface area contributed by atoms with E-state index in [9.17, 15) is 19.2 Å². The van der Waals surface area contributed by atoms with E-state index in [2.05, 4.69) is 20.0 Å². The molecule has 2 aromatic heterocycles. The molecule has 0 radical (unpaired) electrons. The maximum atomic E-state index is 13.4. The van der Waals surface area contributed by atoms with Crippen molar-refractivity contribution >= 4 is 63.4 Å². The van der Waals surface area contributed by atoms with Gasteiger partial charge in [-0.15, -0.1) is 12.4 Å². The molecule has 0 bridgehead atoms. The van der Waals surface area contributed by atoms with Gasteiger partial charge >= 0.3 is 11.9 Å². The van der Waals surface area contributed by atoms with E-state index < -0.39 is 0 Å². The molecule has 2 heterocycles. The molecule has 12 nitrogen and oxygen atoms in total. The van der Waals surface area contributed by atoms with Crippen LogP contribution < -0.4 is 22.2 Å². The maximum absolute atomic E-state index is 13.4. The van der Waals surface area contributed by atoms with Crippen molar-refractivity contribution in [3.63, 3.8) is 0 Å². The Morgan fingerprint density at radius 1 is 0.597 bits per heavy atom. The fourth-order valence-electron chi connectivity index (χ4n) is 6.52. The number of benzene rings is 6. The number of methoxy groups -OCH3 is 2. The predicted octanol–water partition coefficient (Wildman–Crippen LogP) is 8.79. The van der Waals surface area contributed by atoms with Gasteiger partial charge in [0.2, 0.25) is 0 Å². The molecule has 6 aromatic carbocycles. The molecule has 0 aliphatic carbocycles. The van der Waals surface area contributed by atoms with Gasteiger partial charge in [0, 0.05) is 18.8 Å². The number of hydrogen-bond acceptors (Lipinski definition) is 10. The van der Waals surface area contributed by atoms with Gasteiger partial charge in [-0.3, -0.25) is 18.7 Å². The summed E-state index contributed by atoms with van der Waals surface area (Å²) in [6.07, 6.45) is 0. The van der Waals surface area contributed by atoms with Crippen molar-refractivity contribution in [3.8, 4) is 11.4 Å². The summed E-state index contributed by atoms with van der Waals surface area (Å²) in [5.74, 6) is 0.588. The van der Waals surface area contributed by atoms with Crippen molar-refractivity contribution in [2.75, 3.05) is 19.5 Å². The van der Waals surface area contributed by atoms with E-state index in [1.165, 1.54) is 14.2 Å². The number of fused-ring (bicyclic) bond motifs is 2. The Labute approximate surface area is 369 Å². The zero-order valence-corrected chi connectivity index (χ0v) is 35.9. The van der Waals surface area contributed by atoms with Crippen LogP contribution in [-0.2, 0) is 22.6 Å². The largest absolute Gasteiger partial charge is 0.465 e. The van der Waals surface area contributed by atoms with Crippen LogP contribution in [0.25, 0.3) is 33.2 Å². The molecule has 0 spiro atoms. The summed E-state index contributed by atoms with van der Waals surface area (Å²) < 4.78 is 12.5. The lowest BCUT2D eigenvalue weighted by Gasteiger charge is -2.14. The van der Waals surface area contributed by atoms with Crippen LogP contribution in [0.15, 0.2) is 155 Å². The number of nitrogens with zero attached hydrogens (tertiary/aromatic N) is 4. The van der Waals surface area contributed by atoms with Gasteiger partial charge in [-0.05, 0) is 97.8 Å². The second kappa shape index (κ2) is 21.4. The second-order valence-electron chi connectivity index (χ2n) is 13.5. The summed E-state index contributed by atoms with van der Waals surface area (Å²) in [6, 6.07) is 44.0. The smallest absolute Gasteiger partial charge is 0.337 e. The molecule has 0 amide bonds. The van der Waals surface area contributed by atoms with Crippen molar-refractivity contribution in [3.05, 3.63) is 205 Å². The highest BCUT2D eigenvalue weighted by Crippen LogP contribution is 2.22. The van der Waals surface area contributed by atoms with Crippen LogP contribution in [0.2, 0.25) is 5.02 Å². The summed E-state index contributed by atoms with van der Waals surface area (Å²) in [5, 5.41) is 4.76. The molecule has 0 atom stereocenters. The number of anilines is 1. The molecule has 0 aliphatic rings. The molecule has 0 fully saturated rings. The van der Waals surface area contributed by atoms with Gasteiger partial charge in [0.15, 0.2) is 0 Å². The first-order valence-electron chi connectivity index (χ1n) is 19.1. The van der Waals surface area contributed by atoms with Crippen LogP contribution in [0.1, 0.15) is 43.5 Å². The van der Waals surface area contributed by atoms with Gasteiger partial charge in [0.05, 0.1) is 63.5 Å². The van der Waals surface area contributed by atoms with Crippen LogP contribution in [0.3, 0.4) is 0 Å². The predicted molar refractivity (Wildman–Crippen MR) is 247 cm³/mol. The molecule has 316 valence electrons. The molecule has 14 heteroatoms. The fraction of sp³-hybridized carbons (Fsp3) is 0.125. The first kappa shape index (κ1) is 46.0. The summed E-state index contributed by atoms with van der Waals surface area (Å²) in [6.45, 7) is 4.63. The van der Waals surface area contributed by atoms with Crippen molar-refractivity contribution < 1.29 is 19.1 Å². The highest BCUT2D eigenvalue weighted by Gasteiger charge is 2.14. The number of rotatable bonds is 8. The number of halogens is 2. The maximum Gasteiger partial charge on any atom is 0.337 e. The summed E-state index contributed by atoms with van der Waals surface area (Å²) in [5.41, 5.74) is 11.7. The Balaban J connectivity index is 0.000000194. The zero-order chi connectivity index (χ0) is 43.5. The Hall–Kier alpha value is -7.12. The number of nitrogens with two attached hydrogens (primary N) is 1. The second-order valence-corrected chi connectivity index (χ2v) is 13.9. The third-order valence-corrected chi connectivity index (χ3v) is 9.89. The van der Waals surface area contributed by atoms with Crippen LogP contribution in [0, 0.1) is 13.8 Å². The number of aromatic nitrogens is 4. The lowest BCUT2D eigenvalue weighted by Crippen LogP contribution is -2.23. The topological polar surface area (TPSA) is 160 Å². The molecule has 0 unspecified atom stereocenters. The van der Waals surface area contributed by atoms with Gasteiger partial charge in [-0.1, -0.05) is 84.4 Å². The standard InChI is InChI=1S/C24H21N3O3.C15H11ClN2O.C9H11NO2.ClH/c1-16-26-21-10-6-9-20(22(21)23(28)27(16)19-7-4-3-5-8-19)25-15-17-11-13-18(14-12-17)24(29)30-2;1-10-17-13-9-5-8-12(16)14(13)15(19)18(10)11-6-3-2-4-7-11;1-12-9(11)8-4-2-7(6-10)3-5-8;/h3-14,25H,15H2,1-2H3;2-9H,1H3;2-5H,6,10H2,1H3;1H. The molecular weight excluding hydrogens is 827 g/mol. The zero-order valence-electron chi connectivity index (χ0n) is 34.4. The lowest BCUT2D eigenvalue weighted by atomic mass is 10.1. The number of ether oxygens (including phenoxy) is 2. The van der Waals surface area contributed by atoms with Gasteiger partial charge in [-0.2, -0.15) is 0 Å². The normalized spacial score (nSPS) is 10.4. The lowest BCUT2D eigenvalue weighted by molar-refractivity contribution is 0.0592. The third kappa shape index (κ3) is 10.6. The molecule has 8 aromatic rings. The highest BCUT2D eigenvalue weighted by atomic mass is 35.5. The van der Waals surface area contributed by atoms with Gasteiger partial charge in [0.25, 0.3) is 11.1 Å². The van der Waals surface area contributed by atoms with E-state index >= 15 is 0 Å². The van der Waals surface area contributed by atoms with E-state index in [4.69, 9.17) is 22.1 Å². The molecule has 0 aliphatic heterocycles. The number of hydrogen-bond donors (Lipinski definition) is 2. The molecule has 8 rings (SSSR count). The minimum Gasteiger partial charge on any atom is -0.465 e. The summed E-state index contributed by atoms with van der Waals surface area (Å²) in [7, 11) is 2.72. The van der Waals surface area contributed by atoms with Crippen molar-refractivity contribution in [2.45, 2.75) is 26.9 Å². The third-order valence-electron chi connectivity index (χ3n) is 9.58. The number of aryl methyl sites for hydroxylation is 2. The van der Waals surface area contributed by atoms with Crippen molar-refractivity contribution in [2.24, 2.45) is 5.73 Å². The Bertz CT molecular complexity index is 2920. The average Bonchev–Trinajstić information content (AvgIpc) is 3.29. The number of carbonyl (C=O) groups is 2. The van der Waals surface area contributed by atoms with Crippen LogP contribution in [0.5, 0.6) is 0 Å². The Kier molecular flexibility index (Phi) is 15.9. The first-order chi connectivity index (χ1) is 29.5. The molecule has 0 saturated carbocycles. The minimum absolute atomic E-state index is 0. The van der Waals surface area contributed by atoms with Crippen molar-refractivity contribution in [1.82, 2.24) is 19.1 Å². The Morgan fingerprint density at radius 2 is 1.03 bits per heavy atom. The molecule has 62 heavy (non-hydrogen) atoms. The van der Waals surface area contributed by atoms with Crippen molar-refractivity contribution in [1.29, 1.82) is 0 Å². The van der Waals surface area contributed by atoms with Gasteiger partial charge in [-0.25, -0.2) is 19.6 Å². The SMILES string of the molecule is COC(=O)c1ccc(CN)cc1.COC(=O)c1ccc(CNc2cccc3nc(C)n(-c4ccccc4)c(=O)c23)cc1.Cc1nc2cccc(Cl)c2c(=O)n1-c1ccccc1.Cl. The monoisotopic (exact) mass is 870 g/mol. The average molecular weight is 872 g/mol. The molecule has 3 N–H and O–H groups in total. The van der Waals surface area contributed by atoms with E-state index in [0.717, 1.165) is 22.5 Å². The van der Waals surface area contributed by atoms with Gasteiger partial charge in [0.1, 0.15) is 11.6 Å². The van der Waals surface area contributed by atoms with Crippen LogP contribution in [-0.4, -0.2) is 45.3 Å². The quantitative estimate of drug-likeness (QED) is 0.141. The summed E-state index contributed by atoms with van der Waals surface area (Å²) in [4.78, 5) is 57.6. The number of carbonyl (C=O) groups excluding carboxylic acids is 2. The summed E-state index contributed by atoms with van der Waals surface area (Å²) >= 11 is 6.12. The Morgan fingerprint density at radius 3 is 1.50 bits per heavy atom. The number of nitrogens with one attached hydrogen (secondary N) is 1. The van der Waals surface area contributed by atoms with Gasteiger partial charge < -0.3 is 20.5 Å². The fourth-order valence-corrected chi connectivity index (χ4v) is 6.77. The number of para-hydroxylation sites is 2. The highest BCUT2D eigenvalue weighted by molar-refractivity contribution is 6.35.